The molecule has 0 heterocycles. The molecule has 0 unspecified atom stereocenters. The second-order valence-corrected chi connectivity index (χ2v) is 8.54. The van der Waals surface area contributed by atoms with Crippen molar-refractivity contribution >= 4 is 17.4 Å². The first kappa shape index (κ1) is 20.8. The minimum atomic E-state index is -3.90. The number of rotatable bonds is 10. The number of hydrogen-bond acceptors (Lipinski definition) is 8. The van der Waals surface area contributed by atoms with E-state index in [1.165, 1.54) is 21.3 Å². The Labute approximate surface area is 154 Å². The van der Waals surface area contributed by atoms with E-state index in [2.05, 4.69) is 0 Å². The van der Waals surface area contributed by atoms with Gasteiger partial charge in [0.1, 0.15) is 11.5 Å². The van der Waals surface area contributed by atoms with Gasteiger partial charge in [0.15, 0.2) is 0 Å². The second-order valence-electron chi connectivity index (χ2n) is 4.90. The molecule has 26 heavy (non-hydrogen) atoms. The van der Waals surface area contributed by atoms with E-state index in [0.29, 0.717) is 11.5 Å². The van der Waals surface area contributed by atoms with E-state index in [-0.39, 0.29) is 0 Å². The van der Waals surface area contributed by atoms with Gasteiger partial charge in [-0.25, -0.2) is 4.52 Å². The third kappa shape index (κ3) is 4.59. The summed E-state index contributed by atoms with van der Waals surface area (Å²) >= 11 is 0. The van der Waals surface area contributed by atoms with Gasteiger partial charge in [-0.05, 0) is 24.3 Å². The molecule has 0 spiro atoms. The quantitative estimate of drug-likeness (QED) is 0.357. The zero-order valence-corrected chi connectivity index (χ0v) is 16.5. The Kier molecular flexibility index (Phi) is 7.51. The first-order valence-corrected chi connectivity index (χ1v) is 10.4. The molecule has 0 aliphatic carbocycles. The SMILES string of the molecule is CO[Si](OC)(OC)C(Oc1ccccc1)(Oc1ccccc1)OP(O)O. The van der Waals surface area contributed by atoms with E-state index >= 15 is 0 Å². The fraction of sp³-hybridized carbons (Fsp3) is 0.250. The molecule has 0 aliphatic heterocycles. The number of hydrogen-bond donors (Lipinski definition) is 2. The maximum absolute atomic E-state index is 9.59. The van der Waals surface area contributed by atoms with Gasteiger partial charge in [0.05, 0.1) is 0 Å². The minimum absolute atomic E-state index is 0.323. The highest BCUT2D eigenvalue weighted by atomic mass is 31.2. The summed E-state index contributed by atoms with van der Waals surface area (Å²) in [6.07, 6.45) is 0. The van der Waals surface area contributed by atoms with Gasteiger partial charge in [0.25, 0.3) is 0 Å². The van der Waals surface area contributed by atoms with Crippen LogP contribution >= 0.6 is 8.60 Å². The predicted octanol–water partition coefficient (Wildman–Crippen LogP) is 2.44. The van der Waals surface area contributed by atoms with Gasteiger partial charge in [-0.3, -0.25) is 0 Å². The highest BCUT2D eigenvalue weighted by Gasteiger charge is 2.70. The van der Waals surface area contributed by atoms with Crippen LogP contribution in [0.5, 0.6) is 11.5 Å². The van der Waals surface area contributed by atoms with Crippen molar-refractivity contribution in [2.24, 2.45) is 0 Å². The van der Waals surface area contributed by atoms with E-state index in [4.69, 9.17) is 27.3 Å². The zero-order chi connectivity index (χ0) is 19.0. The normalized spacial score (nSPS) is 12.2. The average molecular weight is 400 g/mol. The van der Waals surface area contributed by atoms with Crippen molar-refractivity contribution in [3.05, 3.63) is 60.7 Å². The molecule has 0 atom stereocenters. The van der Waals surface area contributed by atoms with Gasteiger partial charge in [-0.1, -0.05) is 36.4 Å². The monoisotopic (exact) mass is 400 g/mol. The average Bonchev–Trinajstić information content (AvgIpc) is 2.64. The maximum Gasteiger partial charge on any atom is 0.632 e. The Morgan fingerprint density at radius 1 is 0.731 bits per heavy atom. The topological polar surface area (TPSA) is 95.8 Å². The molecule has 10 heteroatoms. The zero-order valence-electron chi connectivity index (χ0n) is 14.6. The van der Waals surface area contributed by atoms with Crippen molar-refractivity contribution in [3.8, 4) is 11.5 Å². The van der Waals surface area contributed by atoms with Crippen LogP contribution in [0.4, 0.5) is 0 Å². The van der Waals surface area contributed by atoms with Crippen molar-refractivity contribution < 1.29 is 37.1 Å². The Balaban J connectivity index is 2.57. The van der Waals surface area contributed by atoms with Crippen molar-refractivity contribution in [3.63, 3.8) is 0 Å². The number of para-hydroxylation sites is 2. The minimum Gasteiger partial charge on any atom is -0.427 e. The molecule has 0 saturated heterocycles. The van der Waals surface area contributed by atoms with Crippen molar-refractivity contribution in [2.75, 3.05) is 21.3 Å². The summed E-state index contributed by atoms with van der Waals surface area (Å²) < 4.78 is 33.5. The summed E-state index contributed by atoms with van der Waals surface area (Å²) in [6, 6.07) is 17.1. The fourth-order valence-electron chi connectivity index (χ4n) is 2.26. The standard InChI is InChI=1S/C16H21O8PSi/c1-19-26(20-2,21-3)16(24-25(17)18,22-14-10-6-4-7-11-14)23-15-12-8-5-9-13-15/h4-13,17-18H,1-3H3. The van der Waals surface area contributed by atoms with Gasteiger partial charge in [-0.15, -0.1) is 0 Å². The molecule has 2 N–H and O–H groups in total. The smallest absolute Gasteiger partial charge is 0.427 e. The van der Waals surface area contributed by atoms with E-state index < -0.39 is 23.0 Å². The van der Waals surface area contributed by atoms with Gasteiger partial charge < -0.3 is 32.5 Å². The number of benzene rings is 2. The van der Waals surface area contributed by atoms with Crippen LogP contribution in [0.1, 0.15) is 0 Å². The van der Waals surface area contributed by atoms with Gasteiger partial charge >= 0.3 is 23.0 Å². The summed E-state index contributed by atoms with van der Waals surface area (Å²) in [5, 5.41) is 0. The van der Waals surface area contributed by atoms with Gasteiger partial charge in [0.2, 0.25) is 0 Å². The van der Waals surface area contributed by atoms with Crippen LogP contribution < -0.4 is 9.47 Å². The first-order chi connectivity index (χ1) is 12.5. The molecular weight excluding hydrogens is 379 g/mol. The number of ether oxygens (including phenoxy) is 2. The summed E-state index contributed by atoms with van der Waals surface area (Å²) in [4.78, 5) is 19.2. The molecule has 142 valence electrons. The van der Waals surface area contributed by atoms with Gasteiger partial charge in [-0.2, -0.15) is 0 Å². The van der Waals surface area contributed by atoms with Gasteiger partial charge in [0, 0.05) is 21.3 Å². The van der Waals surface area contributed by atoms with E-state index in [1.807, 2.05) is 0 Å². The van der Waals surface area contributed by atoms with Crippen molar-refractivity contribution in [2.45, 2.75) is 5.60 Å². The molecule has 2 aromatic carbocycles. The maximum atomic E-state index is 9.59. The first-order valence-electron chi connectivity index (χ1n) is 7.51. The van der Waals surface area contributed by atoms with Crippen LogP contribution in [0.2, 0.25) is 0 Å². The lowest BCUT2D eigenvalue weighted by Crippen LogP contribution is -2.70. The Bertz CT molecular complexity index is 604. The molecule has 2 aromatic rings. The fourth-order valence-corrected chi connectivity index (χ4v) is 4.98. The summed E-state index contributed by atoms with van der Waals surface area (Å²) in [7, 11) is -2.82. The molecule has 0 saturated carbocycles. The molecule has 2 rings (SSSR count). The van der Waals surface area contributed by atoms with E-state index in [0.717, 1.165) is 0 Å². The van der Waals surface area contributed by atoms with Crippen LogP contribution in [-0.4, -0.2) is 45.5 Å². The summed E-state index contributed by atoms with van der Waals surface area (Å²) in [5.74, 6) is 0.645. The molecule has 0 fully saturated rings. The van der Waals surface area contributed by atoms with Crippen LogP contribution in [0.15, 0.2) is 60.7 Å². The van der Waals surface area contributed by atoms with Crippen LogP contribution in [0.25, 0.3) is 0 Å². The van der Waals surface area contributed by atoms with E-state index in [9.17, 15) is 9.79 Å². The Hall–Kier alpha value is -1.55. The summed E-state index contributed by atoms with van der Waals surface area (Å²) in [5.41, 5.74) is -2.21. The third-order valence-electron chi connectivity index (χ3n) is 3.37. The Morgan fingerprint density at radius 2 is 1.12 bits per heavy atom. The molecule has 0 aromatic heterocycles. The predicted molar refractivity (Wildman–Crippen MR) is 96.1 cm³/mol. The largest absolute Gasteiger partial charge is 0.632 e. The molecule has 8 nitrogen and oxygen atoms in total. The molecular formula is C16H21O8PSi. The summed E-state index contributed by atoms with van der Waals surface area (Å²) in [6.45, 7) is 0. The molecule has 0 bridgehead atoms. The van der Waals surface area contributed by atoms with Crippen molar-refractivity contribution in [1.82, 2.24) is 0 Å². The highest BCUT2D eigenvalue weighted by Crippen LogP contribution is 2.41. The Morgan fingerprint density at radius 3 is 1.42 bits per heavy atom. The lowest BCUT2D eigenvalue weighted by atomic mass is 10.3. The third-order valence-corrected chi connectivity index (χ3v) is 6.62. The lowest BCUT2D eigenvalue weighted by molar-refractivity contribution is -0.234. The van der Waals surface area contributed by atoms with Crippen LogP contribution in [-0.2, 0) is 17.8 Å². The van der Waals surface area contributed by atoms with Crippen LogP contribution in [0.3, 0.4) is 0 Å². The molecule has 0 radical (unpaired) electrons. The van der Waals surface area contributed by atoms with Crippen LogP contribution in [0, 0.1) is 0 Å². The molecule has 0 aliphatic rings. The van der Waals surface area contributed by atoms with E-state index in [1.54, 1.807) is 60.7 Å². The second kappa shape index (κ2) is 9.40. The highest BCUT2D eigenvalue weighted by molar-refractivity contribution is 7.39. The van der Waals surface area contributed by atoms with Crippen molar-refractivity contribution in [1.29, 1.82) is 0 Å². The molecule has 0 amide bonds. The lowest BCUT2D eigenvalue weighted by Gasteiger charge is -2.40.